The Labute approximate surface area is 199 Å². The summed E-state index contributed by atoms with van der Waals surface area (Å²) in [5.74, 6) is 0. The number of halogens is 1. The zero-order valence-electron chi connectivity index (χ0n) is 19.3. The molecule has 1 saturated carbocycles. The van der Waals surface area contributed by atoms with Gasteiger partial charge in [0.05, 0.1) is 22.7 Å². The SMILES string of the molecule is CC(C)(C)OC(=O)N1CCC(O[C@@H]2CCC[C@@H](n3cc(Br)c(C4=CCNC=C4)n3)C2)CC1. The summed E-state index contributed by atoms with van der Waals surface area (Å²) in [5.41, 5.74) is 1.69. The maximum absolute atomic E-state index is 12.3. The van der Waals surface area contributed by atoms with Crippen molar-refractivity contribution in [2.45, 2.75) is 83.1 Å². The number of dihydropyridines is 1. The summed E-state index contributed by atoms with van der Waals surface area (Å²) in [4.78, 5) is 14.1. The van der Waals surface area contributed by atoms with Gasteiger partial charge in [-0.1, -0.05) is 6.08 Å². The standard InChI is InChI=1S/C24H35BrN4O3/c1-24(2,3)32-23(30)28-13-9-19(10-14-28)31-20-6-4-5-18(15-20)29-16-21(25)22(27-29)17-7-11-26-12-8-17/h7-8,11,16,18-20,26H,4-6,9-10,12-15H2,1-3H3/t18-,20-/m1/s1. The fourth-order valence-electron chi connectivity index (χ4n) is 4.64. The van der Waals surface area contributed by atoms with E-state index in [0.29, 0.717) is 19.1 Å². The van der Waals surface area contributed by atoms with Gasteiger partial charge in [0.15, 0.2) is 0 Å². The molecule has 2 fully saturated rings. The molecule has 32 heavy (non-hydrogen) atoms. The van der Waals surface area contributed by atoms with Crippen molar-refractivity contribution in [1.82, 2.24) is 20.0 Å². The minimum atomic E-state index is -0.455. The van der Waals surface area contributed by atoms with Gasteiger partial charge in [0, 0.05) is 31.4 Å². The van der Waals surface area contributed by atoms with Crippen LogP contribution in [0, 0.1) is 0 Å². The van der Waals surface area contributed by atoms with Crippen LogP contribution in [0.5, 0.6) is 0 Å². The van der Waals surface area contributed by atoms with Gasteiger partial charge in [0.2, 0.25) is 0 Å². The van der Waals surface area contributed by atoms with Gasteiger partial charge >= 0.3 is 6.09 Å². The molecule has 0 aromatic carbocycles. The molecule has 3 heterocycles. The average molecular weight is 507 g/mol. The Morgan fingerprint density at radius 2 is 1.97 bits per heavy atom. The van der Waals surface area contributed by atoms with Crippen LogP contribution in [0.25, 0.3) is 5.57 Å². The van der Waals surface area contributed by atoms with Gasteiger partial charge in [0.1, 0.15) is 11.3 Å². The summed E-state index contributed by atoms with van der Waals surface area (Å²) in [7, 11) is 0. The van der Waals surface area contributed by atoms with E-state index in [1.807, 2.05) is 31.9 Å². The molecule has 3 aliphatic rings. The molecule has 7 nitrogen and oxygen atoms in total. The lowest BCUT2D eigenvalue weighted by atomic mass is 9.92. The van der Waals surface area contributed by atoms with Crippen LogP contribution in [0.1, 0.15) is 71.0 Å². The Hall–Kier alpha value is -1.80. The molecule has 8 heteroatoms. The third kappa shape index (κ3) is 5.95. The number of allylic oxidation sites excluding steroid dienone is 2. The van der Waals surface area contributed by atoms with Crippen LogP contribution >= 0.6 is 15.9 Å². The largest absolute Gasteiger partial charge is 0.444 e. The molecule has 1 N–H and O–H groups in total. The number of nitrogens with one attached hydrogen (secondary N) is 1. The minimum Gasteiger partial charge on any atom is -0.444 e. The molecule has 0 bridgehead atoms. The molecule has 4 rings (SSSR count). The molecule has 0 spiro atoms. The summed E-state index contributed by atoms with van der Waals surface area (Å²) < 4.78 is 15.2. The summed E-state index contributed by atoms with van der Waals surface area (Å²) in [6, 6.07) is 0.354. The topological polar surface area (TPSA) is 68.6 Å². The number of piperidine rings is 1. The molecule has 1 aliphatic carbocycles. The lowest BCUT2D eigenvalue weighted by molar-refractivity contribution is -0.0647. The zero-order chi connectivity index (χ0) is 22.7. The van der Waals surface area contributed by atoms with Crippen LogP contribution in [0.2, 0.25) is 0 Å². The Kier molecular flexibility index (Phi) is 7.30. The van der Waals surface area contributed by atoms with Crippen molar-refractivity contribution in [1.29, 1.82) is 0 Å². The number of carbonyl (C=O) groups is 1. The fourth-order valence-corrected chi connectivity index (χ4v) is 5.16. The second-order valence-corrected chi connectivity index (χ2v) is 10.8. The molecule has 1 aromatic rings. The van der Waals surface area contributed by atoms with Gasteiger partial charge in [-0.25, -0.2) is 4.79 Å². The van der Waals surface area contributed by atoms with Gasteiger partial charge < -0.3 is 19.7 Å². The summed E-state index contributed by atoms with van der Waals surface area (Å²) in [6.07, 6.45) is 14.6. The Morgan fingerprint density at radius 3 is 2.66 bits per heavy atom. The summed E-state index contributed by atoms with van der Waals surface area (Å²) in [5, 5.41) is 8.09. The number of ether oxygens (including phenoxy) is 2. The van der Waals surface area contributed by atoms with E-state index in [2.05, 4.69) is 44.3 Å². The van der Waals surface area contributed by atoms with Crippen LogP contribution < -0.4 is 5.32 Å². The third-order valence-corrected chi connectivity index (χ3v) is 6.81. The maximum atomic E-state index is 12.3. The Morgan fingerprint density at radius 1 is 1.19 bits per heavy atom. The number of carbonyl (C=O) groups excluding carboxylic acids is 1. The molecule has 0 radical (unpaired) electrons. The highest BCUT2D eigenvalue weighted by atomic mass is 79.9. The molecular formula is C24H35BrN4O3. The van der Waals surface area contributed by atoms with Crippen molar-refractivity contribution in [2.75, 3.05) is 19.6 Å². The number of rotatable bonds is 4. The molecule has 1 saturated heterocycles. The third-order valence-electron chi connectivity index (χ3n) is 6.23. The summed E-state index contributed by atoms with van der Waals surface area (Å²) >= 11 is 3.70. The van der Waals surface area contributed by atoms with Gasteiger partial charge in [-0.15, -0.1) is 0 Å². The molecule has 1 aromatic heterocycles. The quantitative estimate of drug-likeness (QED) is 0.618. The fraction of sp³-hybridized carbons (Fsp3) is 0.667. The van der Waals surface area contributed by atoms with E-state index in [-0.39, 0.29) is 18.3 Å². The molecule has 1 amide bonds. The van der Waals surface area contributed by atoms with E-state index >= 15 is 0 Å². The molecule has 176 valence electrons. The van der Waals surface area contributed by atoms with Crippen molar-refractivity contribution in [3.05, 3.63) is 34.7 Å². The van der Waals surface area contributed by atoms with Gasteiger partial charge in [-0.3, -0.25) is 4.68 Å². The second kappa shape index (κ2) is 10.00. The number of hydrogen-bond donors (Lipinski definition) is 1. The van der Waals surface area contributed by atoms with E-state index in [9.17, 15) is 4.79 Å². The predicted molar refractivity (Wildman–Crippen MR) is 128 cm³/mol. The highest BCUT2D eigenvalue weighted by Crippen LogP contribution is 2.34. The van der Waals surface area contributed by atoms with E-state index in [1.165, 1.54) is 0 Å². The van der Waals surface area contributed by atoms with Gasteiger partial charge in [-0.05, 0) is 87.5 Å². The van der Waals surface area contributed by atoms with Crippen LogP contribution in [0.15, 0.2) is 29.0 Å². The monoisotopic (exact) mass is 506 g/mol. The number of amides is 1. The van der Waals surface area contributed by atoms with Crippen LogP contribution in [0.3, 0.4) is 0 Å². The average Bonchev–Trinajstić information content (AvgIpc) is 3.15. The van der Waals surface area contributed by atoms with Gasteiger partial charge in [0.25, 0.3) is 0 Å². The Bertz CT molecular complexity index is 865. The summed E-state index contributed by atoms with van der Waals surface area (Å²) in [6.45, 7) is 7.94. The van der Waals surface area contributed by atoms with Crippen LogP contribution in [0.4, 0.5) is 4.79 Å². The van der Waals surface area contributed by atoms with Crippen LogP contribution in [-0.2, 0) is 9.47 Å². The van der Waals surface area contributed by atoms with Crippen molar-refractivity contribution < 1.29 is 14.3 Å². The molecule has 2 aliphatic heterocycles. The van der Waals surface area contributed by atoms with E-state index < -0.39 is 5.60 Å². The smallest absolute Gasteiger partial charge is 0.410 e. The number of aromatic nitrogens is 2. The second-order valence-electron chi connectivity index (χ2n) is 9.95. The Balaban J connectivity index is 1.29. The first-order valence-corrected chi connectivity index (χ1v) is 12.6. The number of hydrogen-bond acceptors (Lipinski definition) is 5. The normalized spacial score (nSPS) is 24.8. The predicted octanol–water partition coefficient (Wildman–Crippen LogP) is 5.05. The molecule has 0 unspecified atom stereocenters. The van der Waals surface area contributed by atoms with E-state index in [1.54, 1.807) is 0 Å². The highest BCUT2D eigenvalue weighted by molar-refractivity contribution is 9.10. The van der Waals surface area contributed by atoms with Crippen molar-refractivity contribution in [3.8, 4) is 0 Å². The van der Waals surface area contributed by atoms with Crippen molar-refractivity contribution >= 4 is 27.6 Å². The van der Waals surface area contributed by atoms with E-state index in [4.69, 9.17) is 14.6 Å². The number of likely N-dealkylation sites (tertiary alicyclic amines) is 1. The van der Waals surface area contributed by atoms with Gasteiger partial charge in [-0.2, -0.15) is 5.10 Å². The highest BCUT2D eigenvalue weighted by Gasteiger charge is 2.31. The first-order valence-electron chi connectivity index (χ1n) is 11.8. The first-order chi connectivity index (χ1) is 15.3. The lowest BCUT2D eigenvalue weighted by Gasteiger charge is -2.37. The zero-order valence-corrected chi connectivity index (χ0v) is 20.9. The first kappa shape index (κ1) is 23.4. The van der Waals surface area contributed by atoms with Crippen molar-refractivity contribution in [2.24, 2.45) is 0 Å². The minimum absolute atomic E-state index is 0.211. The van der Waals surface area contributed by atoms with E-state index in [0.717, 1.165) is 60.8 Å². The van der Waals surface area contributed by atoms with Crippen LogP contribution in [-0.4, -0.2) is 58.2 Å². The lowest BCUT2D eigenvalue weighted by Crippen LogP contribution is -2.44. The maximum Gasteiger partial charge on any atom is 0.410 e. The van der Waals surface area contributed by atoms with Crippen molar-refractivity contribution in [3.63, 3.8) is 0 Å². The number of nitrogens with zero attached hydrogens (tertiary/aromatic N) is 3. The molecule has 2 atom stereocenters. The molecular weight excluding hydrogens is 472 g/mol.